The van der Waals surface area contributed by atoms with Crippen LogP contribution in [-0.4, -0.2) is 80.2 Å². The molecule has 174 valence electrons. The molecule has 1 unspecified atom stereocenters. The topological polar surface area (TPSA) is 120 Å². The summed E-state index contributed by atoms with van der Waals surface area (Å²) in [7, 11) is 3.86. The minimum atomic E-state index is -1.03. The molecule has 10 nitrogen and oxygen atoms in total. The van der Waals surface area contributed by atoms with Crippen LogP contribution in [-0.2, 0) is 9.63 Å². The van der Waals surface area contributed by atoms with Gasteiger partial charge < -0.3 is 29.2 Å². The van der Waals surface area contributed by atoms with Crippen LogP contribution in [0.5, 0.6) is 11.5 Å². The van der Waals surface area contributed by atoms with E-state index in [1.807, 2.05) is 26.2 Å². The number of nitrogens with one attached hydrogen (secondary N) is 1. The van der Waals surface area contributed by atoms with Crippen molar-refractivity contribution >= 4 is 5.91 Å². The Bertz CT molecular complexity index is 737. The molecule has 31 heavy (non-hydrogen) atoms. The highest BCUT2D eigenvalue weighted by Crippen LogP contribution is 2.26. The summed E-state index contributed by atoms with van der Waals surface area (Å²) < 4.78 is 11.7. The van der Waals surface area contributed by atoms with Crippen LogP contribution < -0.4 is 14.8 Å². The van der Waals surface area contributed by atoms with Gasteiger partial charge in [-0.2, -0.15) is 0 Å². The number of aliphatic hydroxyl groups excluding tert-OH is 1. The van der Waals surface area contributed by atoms with Gasteiger partial charge in [0.2, 0.25) is 5.91 Å². The smallest absolute Gasteiger partial charge is 0.294 e. The van der Waals surface area contributed by atoms with E-state index in [1.54, 1.807) is 32.1 Å². The third-order valence-electron chi connectivity index (χ3n) is 4.49. The first-order chi connectivity index (χ1) is 14.5. The maximum atomic E-state index is 12.2. The lowest BCUT2D eigenvalue weighted by Gasteiger charge is -2.32. The number of amides is 1. The van der Waals surface area contributed by atoms with Gasteiger partial charge in [-0.1, -0.05) is 24.8 Å². The molecule has 1 amide bonds. The monoisotopic (exact) mass is 440 g/mol. The van der Waals surface area contributed by atoms with Gasteiger partial charge >= 0.3 is 0 Å². The van der Waals surface area contributed by atoms with Crippen molar-refractivity contribution in [2.75, 3.05) is 53.6 Å². The van der Waals surface area contributed by atoms with Crippen molar-refractivity contribution in [2.45, 2.75) is 20.0 Å². The number of nitrogens with zero attached hydrogens (tertiary/aromatic N) is 2. The Labute approximate surface area is 183 Å². The third kappa shape index (κ3) is 10.1. The first-order valence-electron chi connectivity index (χ1n) is 9.98. The van der Waals surface area contributed by atoms with Crippen LogP contribution in [0.1, 0.15) is 13.8 Å². The van der Waals surface area contributed by atoms with Crippen molar-refractivity contribution in [3.05, 3.63) is 47.0 Å². The van der Waals surface area contributed by atoms with Crippen LogP contribution in [0.3, 0.4) is 0 Å². The highest BCUT2D eigenvalue weighted by atomic mass is 16.9. The number of hydrogen-bond acceptors (Lipinski definition) is 7. The van der Waals surface area contributed by atoms with E-state index in [-0.39, 0.29) is 19.1 Å². The van der Waals surface area contributed by atoms with Crippen molar-refractivity contribution < 1.29 is 33.8 Å². The predicted octanol–water partition coefficient (Wildman–Crippen LogP) is 1.42. The minimum absolute atomic E-state index is 0.0910. The number of rotatable bonds is 15. The van der Waals surface area contributed by atoms with E-state index in [1.165, 1.54) is 0 Å². The molecule has 1 aromatic rings. The van der Waals surface area contributed by atoms with Crippen molar-refractivity contribution in [3.63, 3.8) is 0 Å². The highest BCUT2D eigenvalue weighted by molar-refractivity contribution is 5.81. The summed E-state index contributed by atoms with van der Waals surface area (Å²) in [4.78, 5) is 26.9. The molecular weight excluding hydrogens is 406 g/mol. The van der Waals surface area contributed by atoms with Gasteiger partial charge in [0, 0.05) is 0 Å². The number of aliphatic hydroxyl groups is 1. The van der Waals surface area contributed by atoms with E-state index in [2.05, 4.69) is 16.7 Å². The number of likely N-dealkylation sites (N-methyl/N-ethyl adjacent to an activating group) is 1. The quantitative estimate of drug-likeness (QED) is 0.183. The van der Waals surface area contributed by atoms with Gasteiger partial charge in [0.1, 0.15) is 32.5 Å². The number of benzene rings is 1. The van der Waals surface area contributed by atoms with Gasteiger partial charge in [0.05, 0.1) is 32.6 Å². The molecule has 0 spiro atoms. The summed E-state index contributed by atoms with van der Waals surface area (Å²) in [6.07, 6.45) is 0.907. The van der Waals surface area contributed by atoms with E-state index >= 15 is 0 Å². The molecule has 0 saturated carbocycles. The Kier molecular flexibility index (Phi) is 10.2. The Morgan fingerprint density at radius 3 is 2.52 bits per heavy atom. The lowest BCUT2D eigenvalue weighted by molar-refractivity contribution is -0.892. The Morgan fingerprint density at radius 1 is 1.32 bits per heavy atom. The van der Waals surface area contributed by atoms with Crippen LogP contribution >= 0.6 is 0 Å². The van der Waals surface area contributed by atoms with Crippen molar-refractivity contribution in [2.24, 2.45) is 5.41 Å². The second-order valence-corrected chi connectivity index (χ2v) is 8.49. The maximum absolute atomic E-state index is 12.2. The van der Waals surface area contributed by atoms with Gasteiger partial charge in [-0.15, -0.1) is 10.1 Å². The summed E-state index contributed by atoms with van der Waals surface area (Å²) >= 11 is 0. The van der Waals surface area contributed by atoms with E-state index in [4.69, 9.17) is 9.47 Å². The van der Waals surface area contributed by atoms with Crippen molar-refractivity contribution in [3.8, 4) is 11.5 Å². The third-order valence-corrected chi connectivity index (χ3v) is 4.49. The van der Waals surface area contributed by atoms with Crippen LogP contribution in [0, 0.1) is 15.5 Å². The summed E-state index contributed by atoms with van der Waals surface area (Å²) in [5.41, 5.74) is -1.03. The number of carbonyl (C=O) groups excluding carboxylic acids is 1. The maximum Gasteiger partial charge on any atom is 0.294 e. The molecule has 1 atom stereocenters. The normalized spacial score (nSPS) is 12.5. The molecule has 1 rings (SSSR count). The second-order valence-electron chi connectivity index (χ2n) is 8.49. The number of ether oxygens (including phenoxy) is 2. The van der Waals surface area contributed by atoms with Gasteiger partial charge in [-0.05, 0) is 26.0 Å². The molecule has 0 saturated heterocycles. The van der Waals surface area contributed by atoms with Crippen LogP contribution in [0.4, 0.5) is 0 Å². The second kappa shape index (κ2) is 12.1. The fourth-order valence-corrected chi connectivity index (χ4v) is 2.73. The minimum Gasteiger partial charge on any atom is -0.487 e. The molecule has 0 radical (unpaired) electrons. The molecule has 0 heterocycles. The molecule has 0 fully saturated rings. The zero-order valence-corrected chi connectivity index (χ0v) is 18.7. The van der Waals surface area contributed by atoms with E-state index < -0.39 is 16.6 Å². The lowest BCUT2D eigenvalue weighted by Crippen LogP contribution is -2.51. The van der Waals surface area contributed by atoms with E-state index in [0.29, 0.717) is 42.2 Å². The summed E-state index contributed by atoms with van der Waals surface area (Å²) in [5.74, 6) is 0.782. The van der Waals surface area contributed by atoms with Crippen molar-refractivity contribution in [1.82, 2.24) is 5.32 Å². The fraction of sp³-hybridized carbons (Fsp3) is 0.571. The fourth-order valence-electron chi connectivity index (χ4n) is 2.73. The lowest BCUT2D eigenvalue weighted by atomic mass is 9.94. The largest absolute Gasteiger partial charge is 0.487 e. The molecule has 0 aliphatic heterocycles. The Hall–Kier alpha value is -2.85. The zero-order valence-electron chi connectivity index (χ0n) is 18.7. The van der Waals surface area contributed by atoms with Crippen molar-refractivity contribution in [1.29, 1.82) is 0 Å². The first kappa shape index (κ1) is 26.2. The SMILES string of the molecule is C=CCOc1ccccc1OCC(O)C[N+](C)(C)CCNC(=O)C(C)(C)CO[N+](=O)[O-]. The Morgan fingerprint density at radius 2 is 1.94 bits per heavy atom. The highest BCUT2D eigenvalue weighted by Gasteiger charge is 2.30. The van der Waals surface area contributed by atoms with Gasteiger partial charge in [0.15, 0.2) is 11.5 Å². The van der Waals surface area contributed by atoms with Crippen LogP contribution in [0.25, 0.3) is 0 Å². The summed E-state index contributed by atoms with van der Waals surface area (Å²) in [6.45, 7) is 8.19. The predicted molar refractivity (Wildman–Crippen MR) is 115 cm³/mol. The van der Waals surface area contributed by atoms with Gasteiger partial charge in [-0.3, -0.25) is 4.79 Å². The molecule has 0 bridgehead atoms. The number of carbonyl (C=O) groups is 1. The number of hydrogen-bond donors (Lipinski definition) is 2. The molecule has 0 aliphatic carbocycles. The zero-order chi connectivity index (χ0) is 23.5. The number of quaternary nitrogens is 1. The molecule has 2 N–H and O–H groups in total. The molecular formula is C21H34N3O7+. The molecule has 0 aromatic heterocycles. The standard InChI is InChI=1S/C21H33N3O7/c1-6-13-29-18-9-7-8-10-19(18)30-15-17(25)14-24(4,5)12-11-22-20(26)21(2,3)16-31-23(27)28/h6-10,17,25H,1,11-16H2,2-5H3/p+1. The van der Waals surface area contributed by atoms with E-state index in [9.17, 15) is 20.0 Å². The van der Waals surface area contributed by atoms with Gasteiger partial charge in [-0.25, -0.2) is 0 Å². The summed E-state index contributed by atoms with van der Waals surface area (Å²) in [6, 6.07) is 7.21. The molecule has 1 aromatic carbocycles. The average Bonchev–Trinajstić information content (AvgIpc) is 2.69. The van der Waals surface area contributed by atoms with Crippen LogP contribution in [0.2, 0.25) is 0 Å². The van der Waals surface area contributed by atoms with E-state index in [0.717, 1.165) is 0 Å². The Balaban J connectivity index is 2.45. The summed E-state index contributed by atoms with van der Waals surface area (Å²) in [5, 5.41) is 22.6. The number of para-hydroxylation sites is 2. The molecule has 10 heteroatoms. The molecule has 0 aliphatic rings. The first-order valence-corrected chi connectivity index (χ1v) is 9.98. The van der Waals surface area contributed by atoms with Crippen LogP contribution in [0.15, 0.2) is 36.9 Å². The average molecular weight is 441 g/mol. The van der Waals surface area contributed by atoms with Gasteiger partial charge in [0.25, 0.3) is 5.09 Å².